The lowest BCUT2D eigenvalue weighted by Crippen LogP contribution is -2.01. The van der Waals surface area contributed by atoms with Crippen LogP contribution in [0.5, 0.6) is 0 Å². The molecular weight excluding hydrogens is 328 g/mol. The maximum atomic E-state index is 11.9. The topological polar surface area (TPSA) is 69.4 Å². The maximum Gasteiger partial charge on any atom is 0.331 e. The van der Waals surface area contributed by atoms with E-state index in [0.717, 1.165) is 22.2 Å². The van der Waals surface area contributed by atoms with Gasteiger partial charge in [-0.2, -0.15) is 0 Å². The Morgan fingerprint density at radius 2 is 2.00 bits per heavy atom. The number of ether oxygens (including phenoxy) is 1. The Balaban J connectivity index is 1.42. The molecule has 0 amide bonds. The van der Waals surface area contributed by atoms with E-state index in [9.17, 15) is 4.79 Å². The van der Waals surface area contributed by atoms with Crippen molar-refractivity contribution in [2.75, 3.05) is 0 Å². The molecule has 0 unspecified atom stereocenters. The van der Waals surface area contributed by atoms with Crippen LogP contribution in [-0.2, 0) is 16.1 Å². The Kier molecular flexibility index (Phi) is 4.15. The molecule has 6 heteroatoms. The lowest BCUT2D eigenvalue weighted by molar-refractivity contribution is -0.139. The molecule has 6 nitrogen and oxygen atoms in total. The molecule has 0 radical (unpaired) electrons. The van der Waals surface area contributed by atoms with Crippen LogP contribution in [0.25, 0.3) is 22.8 Å². The molecule has 3 heterocycles. The third-order valence-electron chi connectivity index (χ3n) is 3.95. The van der Waals surface area contributed by atoms with Crippen LogP contribution >= 0.6 is 0 Å². The standard InChI is InChI=1S/C20H16N4O2/c1-14-5-4-10-24-12-16(23-20(14)24)13-26-19(25)9-8-15-11-21-17-6-2-3-7-18(17)22-15/h2-12H,13H2,1H3/b9-8-. The quantitative estimate of drug-likeness (QED) is 0.419. The van der Waals surface area contributed by atoms with Crippen LogP contribution in [0.1, 0.15) is 17.0 Å². The maximum absolute atomic E-state index is 11.9. The Labute approximate surface area is 149 Å². The third-order valence-corrected chi connectivity index (χ3v) is 3.95. The summed E-state index contributed by atoms with van der Waals surface area (Å²) >= 11 is 0. The number of rotatable bonds is 4. The molecule has 0 spiro atoms. The van der Waals surface area contributed by atoms with Crippen LogP contribution in [0, 0.1) is 6.92 Å². The molecule has 26 heavy (non-hydrogen) atoms. The Morgan fingerprint density at radius 1 is 1.15 bits per heavy atom. The van der Waals surface area contributed by atoms with Crippen LogP contribution < -0.4 is 0 Å². The first kappa shape index (κ1) is 16.0. The average molecular weight is 344 g/mol. The number of esters is 1. The van der Waals surface area contributed by atoms with Crippen LogP contribution in [-0.4, -0.2) is 25.3 Å². The smallest absolute Gasteiger partial charge is 0.331 e. The minimum Gasteiger partial charge on any atom is -0.456 e. The van der Waals surface area contributed by atoms with Gasteiger partial charge in [-0.25, -0.2) is 14.8 Å². The SMILES string of the molecule is Cc1cccn2cc(COC(=O)/C=C\c3cnc4ccccc4n3)nc12. The van der Waals surface area contributed by atoms with Gasteiger partial charge in [0.15, 0.2) is 0 Å². The van der Waals surface area contributed by atoms with Crippen molar-refractivity contribution < 1.29 is 9.53 Å². The molecule has 0 aliphatic carbocycles. The van der Waals surface area contributed by atoms with E-state index in [1.807, 2.05) is 60.1 Å². The zero-order valence-corrected chi connectivity index (χ0v) is 14.2. The predicted molar refractivity (Wildman–Crippen MR) is 98.3 cm³/mol. The molecule has 1 aromatic carbocycles. The molecule has 0 N–H and O–H groups in total. The third kappa shape index (κ3) is 3.30. The lowest BCUT2D eigenvalue weighted by Gasteiger charge is -1.99. The van der Waals surface area contributed by atoms with Gasteiger partial charge in [-0.05, 0) is 36.8 Å². The Morgan fingerprint density at radius 3 is 2.85 bits per heavy atom. The molecule has 0 atom stereocenters. The number of aryl methyl sites for hydroxylation is 1. The summed E-state index contributed by atoms with van der Waals surface area (Å²) in [5, 5.41) is 0. The molecule has 0 saturated carbocycles. The average Bonchev–Trinajstić information content (AvgIpc) is 3.09. The molecular formula is C20H16N4O2. The van der Waals surface area contributed by atoms with Gasteiger partial charge in [0.25, 0.3) is 0 Å². The Bertz CT molecular complexity index is 1130. The number of pyridine rings is 1. The van der Waals surface area contributed by atoms with E-state index in [2.05, 4.69) is 15.0 Å². The number of benzene rings is 1. The van der Waals surface area contributed by atoms with Crippen LogP contribution in [0.15, 0.2) is 61.1 Å². The highest BCUT2D eigenvalue weighted by Gasteiger charge is 2.06. The summed E-state index contributed by atoms with van der Waals surface area (Å²) in [7, 11) is 0. The molecule has 3 aromatic heterocycles. The minimum absolute atomic E-state index is 0.119. The van der Waals surface area contributed by atoms with E-state index in [1.54, 1.807) is 12.3 Å². The van der Waals surface area contributed by atoms with E-state index in [1.165, 1.54) is 6.08 Å². The zero-order valence-electron chi connectivity index (χ0n) is 14.2. The van der Waals surface area contributed by atoms with Gasteiger partial charge >= 0.3 is 5.97 Å². The number of fused-ring (bicyclic) bond motifs is 2. The van der Waals surface area contributed by atoms with E-state index < -0.39 is 5.97 Å². The number of hydrogen-bond donors (Lipinski definition) is 0. The van der Waals surface area contributed by atoms with E-state index in [4.69, 9.17) is 4.74 Å². The molecule has 0 fully saturated rings. The zero-order chi connectivity index (χ0) is 17.9. The van der Waals surface area contributed by atoms with E-state index >= 15 is 0 Å². The molecule has 0 aliphatic heterocycles. The monoisotopic (exact) mass is 344 g/mol. The second kappa shape index (κ2) is 6.76. The summed E-state index contributed by atoms with van der Waals surface area (Å²) in [6.45, 7) is 2.11. The van der Waals surface area contributed by atoms with Crippen LogP contribution in [0.3, 0.4) is 0 Å². The fraction of sp³-hybridized carbons (Fsp3) is 0.100. The van der Waals surface area contributed by atoms with Gasteiger partial charge in [0.05, 0.1) is 28.6 Å². The summed E-state index contributed by atoms with van der Waals surface area (Å²) in [6.07, 6.45) is 8.33. The predicted octanol–water partition coefficient (Wildman–Crippen LogP) is 3.34. The van der Waals surface area contributed by atoms with Crippen LogP contribution in [0.4, 0.5) is 0 Å². The van der Waals surface area contributed by atoms with Gasteiger partial charge in [-0.1, -0.05) is 18.2 Å². The first-order valence-electron chi connectivity index (χ1n) is 8.19. The number of carbonyl (C=O) groups is 1. The van der Waals surface area contributed by atoms with Gasteiger partial charge < -0.3 is 9.14 Å². The molecule has 128 valence electrons. The highest BCUT2D eigenvalue weighted by Crippen LogP contribution is 2.11. The van der Waals surface area contributed by atoms with Crippen molar-refractivity contribution in [3.63, 3.8) is 0 Å². The normalized spacial score (nSPS) is 11.4. The molecule has 0 saturated heterocycles. The van der Waals surface area contributed by atoms with E-state index in [0.29, 0.717) is 11.4 Å². The minimum atomic E-state index is -0.450. The first-order chi connectivity index (χ1) is 12.7. The van der Waals surface area contributed by atoms with Crippen molar-refractivity contribution in [3.05, 3.63) is 78.0 Å². The summed E-state index contributed by atoms with van der Waals surface area (Å²) in [5.74, 6) is -0.450. The highest BCUT2D eigenvalue weighted by molar-refractivity contribution is 5.87. The number of carbonyl (C=O) groups excluding carboxylic acids is 1. The second-order valence-corrected chi connectivity index (χ2v) is 5.88. The number of imidazole rings is 1. The van der Waals surface area contributed by atoms with Crippen molar-refractivity contribution in [2.24, 2.45) is 0 Å². The van der Waals surface area contributed by atoms with Crippen molar-refractivity contribution in [1.82, 2.24) is 19.4 Å². The molecule has 4 aromatic rings. The molecule has 0 aliphatic rings. The van der Waals surface area contributed by atoms with Crippen molar-refractivity contribution in [3.8, 4) is 0 Å². The number of nitrogens with zero attached hydrogens (tertiary/aromatic N) is 4. The summed E-state index contributed by atoms with van der Waals surface area (Å²) in [6, 6.07) is 11.5. The van der Waals surface area contributed by atoms with Crippen molar-refractivity contribution in [1.29, 1.82) is 0 Å². The van der Waals surface area contributed by atoms with Gasteiger partial charge in [0, 0.05) is 18.5 Å². The van der Waals surface area contributed by atoms with Crippen molar-refractivity contribution in [2.45, 2.75) is 13.5 Å². The Hall–Kier alpha value is -3.54. The molecule has 4 rings (SSSR count). The second-order valence-electron chi connectivity index (χ2n) is 5.88. The fourth-order valence-electron chi connectivity index (χ4n) is 2.67. The fourth-order valence-corrected chi connectivity index (χ4v) is 2.67. The van der Waals surface area contributed by atoms with E-state index in [-0.39, 0.29) is 6.61 Å². The largest absolute Gasteiger partial charge is 0.456 e. The summed E-state index contributed by atoms with van der Waals surface area (Å²) < 4.78 is 7.17. The van der Waals surface area contributed by atoms with Gasteiger partial charge in [0.1, 0.15) is 12.3 Å². The first-order valence-corrected chi connectivity index (χ1v) is 8.19. The number of para-hydroxylation sites is 2. The lowest BCUT2D eigenvalue weighted by atomic mass is 10.3. The summed E-state index contributed by atoms with van der Waals surface area (Å²) in [4.78, 5) is 25.2. The van der Waals surface area contributed by atoms with Gasteiger partial charge in [-0.15, -0.1) is 0 Å². The number of hydrogen-bond acceptors (Lipinski definition) is 5. The van der Waals surface area contributed by atoms with Gasteiger partial charge in [0.2, 0.25) is 0 Å². The highest BCUT2D eigenvalue weighted by atomic mass is 16.5. The van der Waals surface area contributed by atoms with Gasteiger partial charge in [-0.3, -0.25) is 4.98 Å². The summed E-state index contributed by atoms with van der Waals surface area (Å²) in [5.41, 5.74) is 4.83. The van der Waals surface area contributed by atoms with Crippen LogP contribution in [0.2, 0.25) is 0 Å². The molecule has 0 bridgehead atoms. The number of aromatic nitrogens is 4. The van der Waals surface area contributed by atoms with Crippen molar-refractivity contribution >= 4 is 28.7 Å².